The molecule has 1 fully saturated rings. The molecule has 0 saturated carbocycles. The fourth-order valence-corrected chi connectivity index (χ4v) is 4.13. The molecule has 0 aromatic heterocycles. The summed E-state index contributed by atoms with van der Waals surface area (Å²) >= 11 is 3.39. The van der Waals surface area contributed by atoms with Gasteiger partial charge < -0.3 is 9.64 Å². The molecule has 0 bridgehead atoms. The summed E-state index contributed by atoms with van der Waals surface area (Å²) in [5.41, 5.74) is 0.699. The zero-order valence-electron chi connectivity index (χ0n) is 10.7. The number of carbonyl (C=O) groups excluding carboxylic acids is 1. The van der Waals surface area contributed by atoms with Gasteiger partial charge in [0.1, 0.15) is 5.75 Å². The van der Waals surface area contributed by atoms with E-state index in [-0.39, 0.29) is 24.0 Å². The van der Waals surface area contributed by atoms with Gasteiger partial charge >= 0.3 is 0 Å². The summed E-state index contributed by atoms with van der Waals surface area (Å²) in [6.07, 6.45) is 0.185. The maximum Gasteiger partial charge on any atom is 0.232 e. The lowest BCUT2D eigenvalue weighted by molar-refractivity contribution is -0.117. The minimum absolute atomic E-state index is 0.110. The lowest BCUT2D eigenvalue weighted by Gasteiger charge is -2.18. The molecule has 20 heavy (non-hydrogen) atoms. The first kappa shape index (κ1) is 15.6. The van der Waals surface area contributed by atoms with E-state index < -0.39 is 9.05 Å². The van der Waals surface area contributed by atoms with Gasteiger partial charge in [0.15, 0.2) is 0 Å². The summed E-state index contributed by atoms with van der Waals surface area (Å²) in [6, 6.07) is 5.27. The fraction of sp³-hybridized carbons (Fsp3) is 0.417. The second-order valence-corrected chi connectivity index (χ2v) is 8.27. The third-order valence-electron chi connectivity index (χ3n) is 3.09. The normalized spacial score (nSPS) is 19.4. The number of carbonyl (C=O) groups is 1. The van der Waals surface area contributed by atoms with Crippen LogP contribution in [-0.4, -0.2) is 33.7 Å². The highest BCUT2D eigenvalue weighted by Crippen LogP contribution is 2.34. The van der Waals surface area contributed by atoms with Crippen LogP contribution in [0.25, 0.3) is 0 Å². The van der Waals surface area contributed by atoms with Crippen molar-refractivity contribution in [1.29, 1.82) is 0 Å². The Morgan fingerprint density at radius 1 is 1.50 bits per heavy atom. The predicted molar refractivity (Wildman–Crippen MR) is 80.8 cm³/mol. The van der Waals surface area contributed by atoms with Gasteiger partial charge in [-0.05, 0) is 34.1 Å². The van der Waals surface area contributed by atoms with E-state index in [4.69, 9.17) is 15.4 Å². The first-order chi connectivity index (χ1) is 9.30. The van der Waals surface area contributed by atoms with Crippen LogP contribution in [0.3, 0.4) is 0 Å². The molecule has 0 N–H and O–H groups in total. The van der Waals surface area contributed by atoms with E-state index in [0.29, 0.717) is 18.0 Å². The van der Waals surface area contributed by atoms with Crippen molar-refractivity contribution in [2.45, 2.75) is 6.42 Å². The molecule has 1 aromatic rings. The largest absolute Gasteiger partial charge is 0.497 e. The molecule has 1 aliphatic rings. The Kier molecular flexibility index (Phi) is 4.61. The quantitative estimate of drug-likeness (QED) is 0.750. The van der Waals surface area contributed by atoms with E-state index in [1.165, 1.54) is 0 Å². The van der Waals surface area contributed by atoms with Crippen molar-refractivity contribution in [2.75, 3.05) is 24.3 Å². The van der Waals surface area contributed by atoms with Crippen LogP contribution in [0.4, 0.5) is 5.69 Å². The minimum atomic E-state index is -3.60. The van der Waals surface area contributed by atoms with Crippen LogP contribution in [0, 0.1) is 5.92 Å². The Morgan fingerprint density at radius 3 is 2.75 bits per heavy atom. The van der Waals surface area contributed by atoms with Gasteiger partial charge in [0.05, 0.1) is 18.6 Å². The molecular formula is C12H13BrClNO4S. The number of nitrogens with zero attached hydrogens (tertiary/aromatic N) is 1. The van der Waals surface area contributed by atoms with Crippen molar-refractivity contribution in [2.24, 2.45) is 5.92 Å². The van der Waals surface area contributed by atoms with Crippen LogP contribution in [-0.2, 0) is 13.8 Å². The highest BCUT2D eigenvalue weighted by molar-refractivity contribution is 9.10. The lowest BCUT2D eigenvalue weighted by Crippen LogP contribution is -2.25. The molecule has 5 nitrogen and oxygen atoms in total. The number of benzene rings is 1. The number of anilines is 1. The van der Waals surface area contributed by atoms with Gasteiger partial charge in [0, 0.05) is 34.0 Å². The number of amides is 1. The number of halogens is 2. The van der Waals surface area contributed by atoms with Crippen molar-refractivity contribution < 1.29 is 17.9 Å². The third kappa shape index (κ3) is 3.65. The van der Waals surface area contributed by atoms with Gasteiger partial charge in [0.2, 0.25) is 15.0 Å². The zero-order chi connectivity index (χ0) is 14.9. The van der Waals surface area contributed by atoms with E-state index in [1.807, 2.05) is 0 Å². The monoisotopic (exact) mass is 381 g/mol. The summed E-state index contributed by atoms with van der Waals surface area (Å²) in [6.45, 7) is 0.343. The van der Waals surface area contributed by atoms with E-state index in [0.717, 1.165) is 4.47 Å². The van der Waals surface area contributed by atoms with Crippen LogP contribution in [0.15, 0.2) is 22.7 Å². The Hall–Kier alpha value is -0.790. The van der Waals surface area contributed by atoms with Gasteiger partial charge in [0.25, 0.3) is 0 Å². The fourth-order valence-electron chi connectivity index (χ4n) is 2.24. The molecule has 1 amide bonds. The summed E-state index contributed by atoms with van der Waals surface area (Å²) in [4.78, 5) is 13.6. The van der Waals surface area contributed by atoms with Gasteiger partial charge in [-0.2, -0.15) is 0 Å². The summed E-state index contributed by atoms with van der Waals surface area (Å²) in [7, 11) is 3.21. The molecule has 8 heteroatoms. The molecule has 1 heterocycles. The topological polar surface area (TPSA) is 63.7 Å². The second kappa shape index (κ2) is 5.91. The highest BCUT2D eigenvalue weighted by Gasteiger charge is 2.33. The van der Waals surface area contributed by atoms with E-state index in [9.17, 15) is 13.2 Å². The molecule has 110 valence electrons. The number of hydrogen-bond acceptors (Lipinski definition) is 4. The Bertz CT molecular complexity index is 634. The van der Waals surface area contributed by atoms with E-state index in [2.05, 4.69) is 15.9 Å². The summed E-state index contributed by atoms with van der Waals surface area (Å²) in [5.74, 6) is 0.0947. The zero-order valence-corrected chi connectivity index (χ0v) is 13.8. The number of methoxy groups -OCH3 is 1. The average Bonchev–Trinajstić information content (AvgIpc) is 2.67. The van der Waals surface area contributed by atoms with Crippen molar-refractivity contribution in [1.82, 2.24) is 0 Å². The maximum absolute atomic E-state index is 12.0. The SMILES string of the molecule is COc1ccc(N2CC(CS(=O)(=O)Cl)CC2=O)c(Br)c1. The van der Waals surface area contributed by atoms with Crippen LogP contribution in [0.5, 0.6) is 5.75 Å². The summed E-state index contributed by atoms with van der Waals surface area (Å²) < 4.78 is 28.0. The number of hydrogen-bond donors (Lipinski definition) is 0. The smallest absolute Gasteiger partial charge is 0.232 e. The van der Waals surface area contributed by atoms with E-state index >= 15 is 0 Å². The molecule has 1 aliphatic heterocycles. The van der Waals surface area contributed by atoms with Crippen LogP contribution >= 0.6 is 26.6 Å². The Labute approximate surface area is 130 Å². The molecule has 0 radical (unpaired) electrons. The molecule has 0 aliphatic carbocycles. The first-order valence-electron chi connectivity index (χ1n) is 5.86. The molecule has 2 rings (SSSR count). The maximum atomic E-state index is 12.0. The second-order valence-electron chi connectivity index (χ2n) is 4.60. The standard InChI is InChI=1S/C12H13BrClNO4S/c1-19-9-2-3-11(10(13)5-9)15-6-8(4-12(15)16)7-20(14,17)18/h2-3,5,8H,4,6-7H2,1H3. The van der Waals surface area contributed by atoms with Crippen molar-refractivity contribution in [3.05, 3.63) is 22.7 Å². The molecule has 1 saturated heterocycles. The number of rotatable bonds is 4. The van der Waals surface area contributed by atoms with Crippen LogP contribution in [0.2, 0.25) is 0 Å². The molecule has 0 spiro atoms. The molecule has 1 aromatic carbocycles. The highest BCUT2D eigenvalue weighted by atomic mass is 79.9. The van der Waals surface area contributed by atoms with Crippen molar-refractivity contribution in [3.8, 4) is 5.75 Å². The van der Waals surface area contributed by atoms with Gasteiger partial charge in [-0.25, -0.2) is 8.42 Å². The molecule has 1 atom stereocenters. The molecular weight excluding hydrogens is 370 g/mol. The van der Waals surface area contributed by atoms with Crippen LogP contribution < -0.4 is 9.64 Å². The number of ether oxygens (including phenoxy) is 1. The van der Waals surface area contributed by atoms with E-state index in [1.54, 1.807) is 30.2 Å². The van der Waals surface area contributed by atoms with Gasteiger partial charge in [-0.1, -0.05) is 0 Å². The lowest BCUT2D eigenvalue weighted by atomic mass is 10.1. The van der Waals surface area contributed by atoms with Crippen LogP contribution in [0.1, 0.15) is 6.42 Å². The first-order valence-corrected chi connectivity index (χ1v) is 9.13. The van der Waals surface area contributed by atoms with Crippen molar-refractivity contribution >= 4 is 47.3 Å². The Morgan fingerprint density at radius 2 is 2.20 bits per heavy atom. The van der Waals surface area contributed by atoms with Gasteiger partial charge in [-0.3, -0.25) is 4.79 Å². The summed E-state index contributed by atoms with van der Waals surface area (Å²) in [5, 5.41) is 0. The van der Waals surface area contributed by atoms with Gasteiger partial charge in [-0.15, -0.1) is 0 Å². The van der Waals surface area contributed by atoms with Crippen molar-refractivity contribution in [3.63, 3.8) is 0 Å². The minimum Gasteiger partial charge on any atom is -0.497 e. The third-order valence-corrected chi connectivity index (χ3v) is 4.97. The predicted octanol–water partition coefficient (Wildman–Crippen LogP) is 2.38. The molecule has 1 unspecified atom stereocenters. The average molecular weight is 383 g/mol. The Balaban J connectivity index is 2.20.